The number of aromatic amines is 1. The lowest BCUT2D eigenvalue weighted by Gasteiger charge is -2.11. The molecule has 0 spiro atoms. The highest BCUT2D eigenvalue weighted by molar-refractivity contribution is 9.10. The van der Waals surface area contributed by atoms with E-state index in [1.165, 1.54) is 5.56 Å². The van der Waals surface area contributed by atoms with Crippen molar-refractivity contribution in [2.75, 3.05) is 0 Å². The molecule has 0 amide bonds. The molecule has 0 aliphatic rings. The summed E-state index contributed by atoms with van der Waals surface area (Å²) in [5.41, 5.74) is 3.11. The first-order valence-electron chi connectivity index (χ1n) is 10.8. The quantitative estimate of drug-likeness (QED) is 0.352. The van der Waals surface area contributed by atoms with Gasteiger partial charge in [-0.3, -0.25) is 0 Å². The molecule has 162 valence electrons. The Morgan fingerprint density at radius 2 is 1.74 bits per heavy atom. The molecule has 0 aliphatic carbocycles. The first-order chi connectivity index (χ1) is 15.2. The maximum Gasteiger partial charge on any atom is 0.196 e. The Hall–Kier alpha value is -2.81. The Kier molecular flexibility index (Phi) is 6.91. The van der Waals surface area contributed by atoms with E-state index < -0.39 is 0 Å². The van der Waals surface area contributed by atoms with Gasteiger partial charge in [-0.05, 0) is 69.0 Å². The van der Waals surface area contributed by atoms with E-state index in [4.69, 9.17) is 10.1 Å². The summed E-state index contributed by atoms with van der Waals surface area (Å²) in [5.74, 6) is 2.68. The second-order valence-corrected chi connectivity index (χ2v) is 8.41. The number of halogens is 1. The summed E-state index contributed by atoms with van der Waals surface area (Å²) < 4.78 is 5.08. The molecular formula is C22H27BrN8. The molecule has 0 radical (unpaired) electrons. The van der Waals surface area contributed by atoms with Crippen molar-refractivity contribution in [1.82, 2.24) is 40.0 Å². The van der Waals surface area contributed by atoms with Crippen molar-refractivity contribution >= 4 is 15.9 Å². The van der Waals surface area contributed by atoms with Crippen LogP contribution in [-0.4, -0.2) is 40.0 Å². The van der Waals surface area contributed by atoms with Gasteiger partial charge in [-0.2, -0.15) is 5.10 Å². The predicted octanol–water partition coefficient (Wildman–Crippen LogP) is 4.74. The number of hydrogen-bond donors (Lipinski definition) is 1. The Morgan fingerprint density at radius 1 is 0.968 bits per heavy atom. The standard InChI is InChI=1S/C22H27BrN8/c1-3-5-7-20-24-21(8-6-4-2)30(27-20)15-16-9-11-17(12-10-16)31-18(13-14-19(31)23)22-25-28-29-26-22/h9-14H,3-8,15H2,1-2H3,(H,25,26,28,29). The lowest BCUT2D eigenvalue weighted by atomic mass is 10.2. The number of aromatic nitrogens is 8. The molecule has 3 heterocycles. The van der Waals surface area contributed by atoms with Crippen LogP contribution in [0.25, 0.3) is 17.2 Å². The van der Waals surface area contributed by atoms with E-state index in [9.17, 15) is 0 Å². The summed E-state index contributed by atoms with van der Waals surface area (Å²) >= 11 is 3.63. The maximum absolute atomic E-state index is 4.81. The average molecular weight is 483 g/mol. The van der Waals surface area contributed by atoms with E-state index in [2.05, 4.69) is 83.9 Å². The van der Waals surface area contributed by atoms with E-state index >= 15 is 0 Å². The summed E-state index contributed by atoms with van der Waals surface area (Å²) in [6, 6.07) is 12.5. The molecule has 8 nitrogen and oxygen atoms in total. The average Bonchev–Trinajstić information content (AvgIpc) is 3.52. The van der Waals surface area contributed by atoms with Gasteiger partial charge in [0.05, 0.1) is 16.8 Å². The Bertz CT molecular complexity index is 1100. The van der Waals surface area contributed by atoms with Crippen LogP contribution in [-0.2, 0) is 19.4 Å². The number of H-pyrrole nitrogens is 1. The molecule has 4 rings (SSSR count). The molecular weight excluding hydrogens is 456 g/mol. The van der Waals surface area contributed by atoms with Gasteiger partial charge in [-0.25, -0.2) is 14.8 Å². The topological polar surface area (TPSA) is 90.1 Å². The van der Waals surface area contributed by atoms with Crippen LogP contribution in [0, 0.1) is 0 Å². The summed E-state index contributed by atoms with van der Waals surface area (Å²) in [6.45, 7) is 5.13. The fourth-order valence-corrected chi connectivity index (χ4v) is 4.09. The molecule has 0 saturated carbocycles. The summed E-state index contributed by atoms with van der Waals surface area (Å²) in [7, 11) is 0. The fourth-order valence-electron chi connectivity index (χ4n) is 3.56. The lowest BCUT2D eigenvalue weighted by Crippen LogP contribution is -2.07. The molecule has 0 unspecified atom stereocenters. The minimum Gasteiger partial charge on any atom is -0.301 e. The number of unbranched alkanes of at least 4 members (excludes halogenated alkanes) is 2. The zero-order valence-electron chi connectivity index (χ0n) is 17.9. The molecule has 0 bridgehead atoms. The summed E-state index contributed by atoms with van der Waals surface area (Å²) in [4.78, 5) is 4.81. The molecule has 9 heteroatoms. The van der Waals surface area contributed by atoms with Crippen molar-refractivity contribution in [2.45, 2.75) is 58.9 Å². The van der Waals surface area contributed by atoms with E-state index in [0.717, 1.165) is 72.7 Å². The van der Waals surface area contributed by atoms with Gasteiger partial charge in [0.2, 0.25) is 0 Å². The summed E-state index contributed by atoms with van der Waals surface area (Å²) in [5, 5.41) is 19.0. The predicted molar refractivity (Wildman–Crippen MR) is 123 cm³/mol. The Labute approximate surface area is 190 Å². The van der Waals surface area contributed by atoms with Crippen LogP contribution in [0.15, 0.2) is 41.0 Å². The molecule has 1 aromatic carbocycles. The number of tetrazole rings is 1. The number of benzene rings is 1. The number of hydrogen-bond acceptors (Lipinski definition) is 5. The van der Waals surface area contributed by atoms with Crippen molar-refractivity contribution < 1.29 is 0 Å². The van der Waals surface area contributed by atoms with E-state index in [1.807, 2.05) is 12.1 Å². The van der Waals surface area contributed by atoms with Crippen LogP contribution < -0.4 is 0 Å². The van der Waals surface area contributed by atoms with Crippen molar-refractivity contribution in [2.24, 2.45) is 0 Å². The third-order valence-corrected chi connectivity index (χ3v) is 5.87. The third-order valence-electron chi connectivity index (χ3n) is 5.25. The minimum absolute atomic E-state index is 0.623. The number of nitrogens with zero attached hydrogens (tertiary/aromatic N) is 7. The van der Waals surface area contributed by atoms with Crippen molar-refractivity contribution in [3.8, 4) is 17.2 Å². The highest BCUT2D eigenvalue weighted by Gasteiger charge is 2.14. The van der Waals surface area contributed by atoms with E-state index in [-0.39, 0.29) is 0 Å². The normalized spacial score (nSPS) is 11.3. The lowest BCUT2D eigenvalue weighted by molar-refractivity contribution is 0.612. The molecule has 31 heavy (non-hydrogen) atoms. The van der Waals surface area contributed by atoms with Gasteiger partial charge in [0.1, 0.15) is 5.82 Å². The van der Waals surface area contributed by atoms with Crippen molar-refractivity contribution in [3.63, 3.8) is 0 Å². The first-order valence-corrected chi connectivity index (χ1v) is 11.6. The third kappa shape index (κ3) is 4.92. The van der Waals surface area contributed by atoms with Crippen LogP contribution in [0.3, 0.4) is 0 Å². The molecule has 1 N–H and O–H groups in total. The first kappa shape index (κ1) is 21.4. The zero-order valence-corrected chi connectivity index (χ0v) is 19.5. The fraction of sp³-hybridized carbons (Fsp3) is 0.409. The molecule has 0 atom stereocenters. The van der Waals surface area contributed by atoms with Gasteiger partial charge in [0.25, 0.3) is 0 Å². The molecule has 0 fully saturated rings. The second kappa shape index (κ2) is 10.00. The van der Waals surface area contributed by atoms with Crippen LogP contribution in [0.4, 0.5) is 0 Å². The van der Waals surface area contributed by atoms with Crippen LogP contribution in [0.2, 0.25) is 0 Å². The molecule has 4 aromatic rings. The Morgan fingerprint density at radius 3 is 2.45 bits per heavy atom. The monoisotopic (exact) mass is 482 g/mol. The number of nitrogens with one attached hydrogen (secondary N) is 1. The van der Waals surface area contributed by atoms with Crippen LogP contribution in [0.1, 0.15) is 56.7 Å². The van der Waals surface area contributed by atoms with E-state index in [0.29, 0.717) is 5.82 Å². The van der Waals surface area contributed by atoms with Gasteiger partial charge in [-0.15, -0.1) is 5.10 Å². The van der Waals surface area contributed by atoms with Gasteiger partial charge in [-0.1, -0.05) is 38.8 Å². The SMILES string of the molecule is CCCCc1nc(CCCC)n(Cc2ccc(-n3c(Br)ccc3-c3nnn[nH]3)cc2)n1. The minimum atomic E-state index is 0.623. The second-order valence-electron chi connectivity index (χ2n) is 7.60. The molecule has 3 aromatic heterocycles. The van der Waals surface area contributed by atoms with Gasteiger partial charge >= 0.3 is 0 Å². The van der Waals surface area contributed by atoms with Crippen LogP contribution >= 0.6 is 15.9 Å². The largest absolute Gasteiger partial charge is 0.301 e. The maximum atomic E-state index is 4.81. The van der Waals surface area contributed by atoms with Crippen molar-refractivity contribution in [1.29, 1.82) is 0 Å². The highest BCUT2D eigenvalue weighted by Crippen LogP contribution is 2.27. The smallest absolute Gasteiger partial charge is 0.196 e. The van der Waals surface area contributed by atoms with Gasteiger partial charge in [0, 0.05) is 18.5 Å². The van der Waals surface area contributed by atoms with Crippen LogP contribution in [0.5, 0.6) is 0 Å². The highest BCUT2D eigenvalue weighted by atomic mass is 79.9. The Balaban J connectivity index is 1.56. The summed E-state index contributed by atoms with van der Waals surface area (Å²) in [6.07, 6.45) is 6.48. The zero-order chi connectivity index (χ0) is 21.6. The van der Waals surface area contributed by atoms with Gasteiger partial charge < -0.3 is 4.57 Å². The molecule has 0 aliphatic heterocycles. The number of rotatable bonds is 10. The van der Waals surface area contributed by atoms with Crippen molar-refractivity contribution in [3.05, 3.63) is 58.2 Å². The van der Waals surface area contributed by atoms with Gasteiger partial charge in [0.15, 0.2) is 11.6 Å². The molecule has 0 saturated heterocycles. The van der Waals surface area contributed by atoms with E-state index in [1.54, 1.807) is 0 Å². The number of aryl methyl sites for hydroxylation is 2.